The van der Waals surface area contributed by atoms with Gasteiger partial charge in [-0.1, -0.05) is 0 Å². The predicted octanol–water partition coefficient (Wildman–Crippen LogP) is 0.622. The summed E-state index contributed by atoms with van der Waals surface area (Å²) in [5, 5.41) is 0. The summed E-state index contributed by atoms with van der Waals surface area (Å²) in [6.07, 6.45) is 2.45. The van der Waals surface area contributed by atoms with E-state index in [1.54, 1.807) is 19.3 Å². The van der Waals surface area contributed by atoms with Crippen molar-refractivity contribution in [2.75, 3.05) is 26.4 Å². The van der Waals surface area contributed by atoms with Gasteiger partial charge < -0.3 is 20.4 Å². The molecule has 1 heterocycles. The third-order valence-electron chi connectivity index (χ3n) is 2.38. The zero-order chi connectivity index (χ0) is 12.8. The van der Waals surface area contributed by atoms with Gasteiger partial charge in [0.25, 0.3) is 5.91 Å². The van der Waals surface area contributed by atoms with Gasteiger partial charge in [0.2, 0.25) is 0 Å². The van der Waals surface area contributed by atoms with Crippen LogP contribution in [0.25, 0.3) is 0 Å². The van der Waals surface area contributed by atoms with Crippen molar-refractivity contribution < 1.29 is 14.3 Å². The number of hydrogen-bond donors (Lipinski definition) is 2. The van der Waals surface area contributed by atoms with Crippen molar-refractivity contribution >= 4 is 17.6 Å². The molecule has 0 unspecified atom stereocenters. The highest BCUT2D eigenvalue weighted by Crippen LogP contribution is 2.07. The number of esters is 1. The van der Waals surface area contributed by atoms with Crippen molar-refractivity contribution in [3.63, 3.8) is 0 Å². The van der Waals surface area contributed by atoms with Crippen LogP contribution >= 0.6 is 0 Å². The van der Waals surface area contributed by atoms with Crippen LogP contribution in [0, 0.1) is 0 Å². The minimum absolute atomic E-state index is 0.147. The first-order valence-electron chi connectivity index (χ1n) is 5.30. The summed E-state index contributed by atoms with van der Waals surface area (Å²) in [6, 6.07) is 1.58. The maximum absolute atomic E-state index is 11.8. The number of ether oxygens (including phenoxy) is 1. The van der Waals surface area contributed by atoms with Crippen LogP contribution in [0.15, 0.2) is 12.3 Å². The van der Waals surface area contributed by atoms with Crippen molar-refractivity contribution in [2.45, 2.75) is 12.8 Å². The Balaban J connectivity index is 2.40. The van der Waals surface area contributed by atoms with Crippen LogP contribution < -0.4 is 5.73 Å². The second-order valence-electron chi connectivity index (χ2n) is 3.75. The number of rotatable bonds is 5. The third-order valence-corrected chi connectivity index (χ3v) is 2.38. The summed E-state index contributed by atoms with van der Waals surface area (Å²) in [5.41, 5.74) is 6.48. The molecule has 94 valence electrons. The highest BCUT2D eigenvalue weighted by molar-refractivity contribution is 5.93. The molecule has 6 heteroatoms. The molecule has 0 fully saturated rings. The molecule has 0 aliphatic rings. The number of anilines is 1. The average molecular weight is 239 g/mol. The van der Waals surface area contributed by atoms with Crippen LogP contribution in [0.2, 0.25) is 0 Å². The third kappa shape index (κ3) is 3.82. The first-order valence-corrected chi connectivity index (χ1v) is 5.30. The van der Waals surface area contributed by atoms with Gasteiger partial charge in [0.1, 0.15) is 5.69 Å². The highest BCUT2D eigenvalue weighted by Gasteiger charge is 2.13. The van der Waals surface area contributed by atoms with Gasteiger partial charge in [-0.2, -0.15) is 0 Å². The number of H-pyrrole nitrogens is 1. The summed E-state index contributed by atoms with van der Waals surface area (Å²) >= 11 is 0. The van der Waals surface area contributed by atoms with Crippen LogP contribution in [0.5, 0.6) is 0 Å². The van der Waals surface area contributed by atoms with Crippen molar-refractivity contribution in [1.29, 1.82) is 0 Å². The molecule has 0 saturated heterocycles. The lowest BCUT2D eigenvalue weighted by atomic mass is 10.3. The van der Waals surface area contributed by atoms with Gasteiger partial charge in [0.15, 0.2) is 0 Å². The Morgan fingerprint density at radius 2 is 2.24 bits per heavy atom. The number of nitrogens with zero attached hydrogens (tertiary/aromatic N) is 1. The zero-order valence-corrected chi connectivity index (χ0v) is 10.0. The molecule has 0 spiro atoms. The van der Waals surface area contributed by atoms with E-state index in [9.17, 15) is 9.59 Å². The van der Waals surface area contributed by atoms with E-state index in [4.69, 9.17) is 5.73 Å². The Labute approximate surface area is 99.7 Å². The van der Waals surface area contributed by atoms with Crippen molar-refractivity contribution in [1.82, 2.24) is 9.88 Å². The lowest BCUT2D eigenvalue weighted by Gasteiger charge is -2.15. The number of carbonyl (C=O) groups is 2. The van der Waals surface area contributed by atoms with Gasteiger partial charge in [0, 0.05) is 31.9 Å². The fourth-order valence-electron chi connectivity index (χ4n) is 1.40. The maximum atomic E-state index is 11.8. The molecule has 1 aromatic rings. The van der Waals surface area contributed by atoms with E-state index < -0.39 is 0 Å². The SMILES string of the molecule is COC(=O)CCCN(C)C(=O)c1cc(N)c[nH]1. The normalized spacial score (nSPS) is 10.0. The standard InChI is InChI=1S/C11H17N3O3/c1-14(5-3-4-10(15)17-2)11(16)9-6-8(12)7-13-9/h6-7,13H,3-5,12H2,1-2H3. The summed E-state index contributed by atoms with van der Waals surface area (Å²) < 4.78 is 4.52. The smallest absolute Gasteiger partial charge is 0.305 e. The first-order chi connectivity index (χ1) is 8.04. The molecule has 1 amide bonds. The van der Waals surface area contributed by atoms with Crippen molar-refractivity contribution in [3.05, 3.63) is 18.0 Å². The van der Waals surface area contributed by atoms with Gasteiger partial charge in [-0.25, -0.2) is 0 Å². The van der Waals surface area contributed by atoms with E-state index in [0.29, 0.717) is 30.8 Å². The Bertz CT molecular complexity index is 400. The summed E-state index contributed by atoms with van der Waals surface area (Å²) in [7, 11) is 3.02. The molecule has 0 saturated carbocycles. The largest absolute Gasteiger partial charge is 0.469 e. The lowest BCUT2D eigenvalue weighted by Crippen LogP contribution is -2.28. The van der Waals surface area contributed by atoms with E-state index in [-0.39, 0.29) is 11.9 Å². The summed E-state index contributed by atoms with van der Waals surface area (Å²) in [4.78, 5) is 27.0. The number of aromatic amines is 1. The van der Waals surface area contributed by atoms with Crippen LogP contribution in [-0.2, 0) is 9.53 Å². The predicted molar refractivity (Wildman–Crippen MR) is 63.4 cm³/mol. The van der Waals surface area contributed by atoms with Gasteiger partial charge >= 0.3 is 5.97 Å². The second-order valence-corrected chi connectivity index (χ2v) is 3.75. The number of amides is 1. The minimum Gasteiger partial charge on any atom is -0.469 e. The Hall–Kier alpha value is -1.98. The van der Waals surface area contributed by atoms with Crippen molar-refractivity contribution in [3.8, 4) is 0 Å². The molecule has 0 aliphatic carbocycles. The second kappa shape index (κ2) is 5.93. The molecule has 3 N–H and O–H groups in total. The molecule has 1 rings (SSSR count). The highest BCUT2D eigenvalue weighted by atomic mass is 16.5. The van der Waals surface area contributed by atoms with Gasteiger partial charge in [0.05, 0.1) is 7.11 Å². The molecule has 6 nitrogen and oxygen atoms in total. The lowest BCUT2D eigenvalue weighted by molar-refractivity contribution is -0.140. The molecule has 0 atom stereocenters. The topological polar surface area (TPSA) is 88.4 Å². The summed E-state index contributed by atoms with van der Waals surface area (Å²) in [6.45, 7) is 0.493. The van der Waals surface area contributed by atoms with Crippen LogP contribution in [0.3, 0.4) is 0 Å². The van der Waals surface area contributed by atoms with Crippen LogP contribution in [0.1, 0.15) is 23.3 Å². The maximum Gasteiger partial charge on any atom is 0.305 e. The quantitative estimate of drug-likeness (QED) is 0.737. The zero-order valence-electron chi connectivity index (χ0n) is 10.0. The minimum atomic E-state index is -0.269. The number of hydrogen-bond acceptors (Lipinski definition) is 4. The van der Waals surface area contributed by atoms with Gasteiger partial charge in [-0.15, -0.1) is 0 Å². The van der Waals surface area contributed by atoms with E-state index in [2.05, 4.69) is 9.72 Å². The monoisotopic (exact) mass is 239 g/mol. The first kappa shape index (κ1) is 13.1. The molecule has 0 bridgehead atoms. The Morgan fingerprint density at radius 1 is 1.53 bits per heavy atom. The van der Waals surface area contributed by atoms with E-state index in [1.165, 1.54) is 12.0 Å². The fourth-order valence-corrected chi connectivity index (χ4v) is 1.40. The molecular weight excluding hydrogens is 222 g/mol. The molecule has 0 aliphatic heterocycles. The van der Waals surface area contributed by atoms with E-state index in [0.717, 1.165) is 0 Å². The van der Waals surface area contributed by atoms with E-state index >= 15 is 0 Å². The number of methoxy groups -OCH3 is 1. The Kier molecular flexibility index (Phi) is 4.56. The molecular formula is C11H17N3O3. The summed E-state index contributed by atoms with van der Waals surface area (Å²) in [5.74, 6) is -0.415. The number of nitrogens with two attached hydrogens (primary N) is 1. The van der Waals surface area contributed by atoms with Gasteiger partial charge in [-0.05, 0) is 12.5 Å². The molecule has 0 radical (unpaired) electrons. The van der Waals surface area contributed by atoms with Crippen LogP contribution in [0.4, 0.5) is 5.69 Å². The number of nitrogen functional groups attached to an aromatic ring is 1. The number of nitrogens with one attached hydrogen (secondary N) is 1. The molecule has 17 heavy (non-hydrogen) atoms. The van der Waals surface area contributed by atoms with Crippen molar-refractivity contribution in [2.24, 2.45) is 0 Å². The number of aromatic nitrogens is 1. The van der Waals surface area contributed by atoms with Gasteiger partial charge in [-0.3, -0.25) is 9.59 Å². The van der Waals surface area contributed by atoms with Crippen LogP contribution in [-0.4, -0.2) is 42.5 Å². The molecule has 1 aromatic heterocycles. The van der Waals surface area contributed by atoms with E-state index in [1.807, 2.05) is 0 Å². The fraction of sp³-hybridized carbons (Fsp3) is 0.455. The Morgan fingerprint density at radius 3 is 2.76 bits per heavy atom. The molecule has 0 aromatic carbocycles. The number of carbonyl (C=O) groups excluding carboxylic acids is 2. The average Bonchev–Trinajstić information content (AvgIpc) is 2.74.